The number of rotatable bonds is 7. The van der Waals surface area contributed by atoms with E-state index in [2.05, 4.69) is 20.2 Å². The Bertz CT molecular complexity index is 710. The summed E-state index contributed by atoms with van der Waals surface area (Å²) in [5, 5.41) is 7.07. The van der Waals surface area contributed by atoms with Gasteiger partial charge < -0.3 is 9.84 Å². The molecule has 0 aliphatic rings. The summed E-state index contributed by atoms with van der Waals surface area (Å²) in [7, 11) is -1.99. The van der Waals surface area contributed by atoms with Crippen molar-refractivity contribution in [2.45, 2.75) is 31.2 Å². The summed E-state index contributed by atoms with van der Waals surface area (Å²) >= 11 is 0. The van der Waals surface area contributed by atoms with E-state index in [1.165, 1.54) is 7.05 Å². The van der Waals surface area contributed by atoms with Crippen molar-refractivity contribution in [3.05, 3.63) is 41.5 Å². The molecule has 0 radical (unpaired) electrons. The highest BCUT2D eigenvalue weighted by molar-refractivity contribution is 7.89. The molecule has 0 unspecified atom stereocenters. The second-order valence-electron chi connectivity index (χ2n) is 4.94. The van der Waals surface area contributed by atoms with Crippen LogP contribution >= 0.6 is 0 Å². The van der Waals surface area contributed by atoms with Gasteiger partial charge in [-0.1, -0.05) is 17.3 Å². The molecule has 0 amide bonds. The lowest BCUT2D eigenvalue weighted by atomic mass is 10.1. The second kappa shape index (κ2) is 6.99. The van der Waals surface area contributed by atoms with E-state index in [1.54, 1.807) is 31.2 Å². The Balaban J connectivity index is 1.91. The zero-order chi connectivity index (χ0) is 16.2. The molecule has 7 nitrogen and oxygen atoms in total. The predicted molar refractivity (Wildman–Crippen MR) is 81.8 cm³/mol. The molecule has 1 heterocycles. The van der Waals surface area contributed by atoms with Gasteiger partial charge in [-0.15, -0.1) is 0 Å². The van der Waals surface area contributed by atoms with Crippen molar-refractivity contribution >= 4 is 10.0 Å². The van der Waals surface area contributed by atoms with Crippen LogP contribution in [0.1, 0.15) is 30.2 Å². The minimum Gasteiger partial charge on any atom is -0.339 e. The summed E-state index contributed by atoms with van der Waals surface area (Å²) in [6.45, 7) is 4.49. The van der Waals surface area contributed by atoms with Crippen LogP contribution < -0.4 is 10.0 Å². The lowest BCUT2D eigenvalue weighted by molar-refractivity contribution is 0.370. The standard InChI is InChI=1S/C14H20N4O3S/c1-10(16-9-8-14-17-11(2)18-21-14)12-4-6-13(7-5-12)22(19,20)15-3/h4-7,10,15-16H,8-9H2,1-3H3/t10-/m0/s1. The largest absolute Gasteiger partial charge is 0.339 e. The Hall–Kier alpha value is -1.77. The molecule has 1 atom stereocenters. The summed E-state index contributed by atoms with van der Waals surface area (Å²) < 4.78 is 30.7. The molecule has 8 heteroatoms. The summed E-state index contributed by atoms with van der Waals surface area (Å²) in [4.78, 5) is 4.39. The smallest absolute Gasteiger partial charge is 0.240 e. The summed E-state index contributed by atoms with van der Waals surface area (Å²) in [5.41, 5.74) is 1.01. The number of aromatic nitrogens is 2. The summed E-state index contributed by atoms with van der Waals surface area (Å²) in [6, 6.07) is 6.90. The van der Waals surface area contributed by atoms with E-state index in [1.807, 2.05) is 6.92 Å². The van der Waals surface area contributed by atoms with Gasteiger partial charge in [0.2, 0.25) is 15.9 Å². The van der Waals surface area contributed by atoms with Crippen molar-refractivity contribution in [1.82, 2.24) is 20.2 Å². The average Bonchev–Trinajstić information content (AvgIpc) is 2.93. The first kappa shape index (κ1) is 16.6. The van der Waals surface area contributed by atoms with Crippen molar-refractivity contribution in [3.63, 3.8) is 0 Å². The van der Waals surface area contributed by atoms with E-state index in [-0.39, 0.29) is 10.9 Å². The van der Waals surface area contributed by atoms with Crippen LogP contribution in [0.2, 0.25) is 0 Å². The Morgan fingerprint density at radius 2 is 1.95 bits per heavy atom. The summed E-state index contributed by atoms with van der Waals surface area (Å²) in [5.74, 6) is 1.23. The molecule has 22 heavy (non-hydrogen) atoms. The lowest BCUT2D eigenvalue weighted by Gasteiger charge is -2.14. The number of benzene rings is 1. The van der Waals surface area contributed by atoms with Gasteiger partial charge in [0.1, 0.15) is 0 Å². The first-order valence-corrected chi connectivity index (χ1v) is 8.47. The van der Waals surface area contributed by atoms with Gasteiger partial charge in [0.15, 0.2) is 5.82 Å². The number of aryl methyl sites for hydroxylation is 1. The zero-order valence-corrected chi connectivity index (χ0v) is 13.6. The molecule has 120 valence electrons. The molecule has 0 aliphatic heterocycles. The fourth-order valence-electron chi connectivity index (χ4n) is 2.01. The van der Waals surface area contributed by atoms with Crippen LogP contribution in [-0.2, 0) is 16.4 Å². The maximum atomic E-state index is 11.7. The molecular formula is C14H20N4O3S. The zero-order valence-electron chi connectivity index (χ0n) is 12.8. The molecule has 0 fully saturated rings. The van der Waals surface area contributed by atoms with E-state index in [0.717, 1.165) is 5.56 Å². The molecule has 0 spiro atoms. The first-order valence-electron chi connectivity index (χ1n) is 6.98. The van der Waals surface area contributed by atoms with Gasteiger partial charge in [0.05, 0.1) is 4.90 Å². The van der Waals surface area contributed by atoms with Gasteiger partial charge in [-0.3, -0.25) is 0 Å². The number of nitrogens with one attached hydrogen (secondary N) is 2. The van der Waals surface area contributed by atoms with E-state index in [4.69, 9.17) is 4.52 Å². The molecule has 0 aliphatic carbocycles. The van der Waals surface area contributed by atoms with Crippen molar-refractivity contribution in [3.8, 4) is 0 Å². The number of hydrogen-bond donors (Lipinski definition) is 2. The highest BCUT2D eigenvalue weighted by Crippen LogP contribution is 2.16. The second-order valence-corrected chi connectivity index (χ2v) is 6.82. The molecule has 2 rings (SSSR count). The van der Waals surface area contributed by atoms with Gasteiger partial charge in [-0.25, -0.2) is 13.1 Å². The molecule has 1 aromatic heterocycles. The van der Waals surface area contributed by atoms with Gasteiger partial charge in [-0.2, -0.15) is 4.98 Å². The van der Waals surface area contributed by atoms with Gasteiger partial charge in [0.25, 0.3) is 0 Å². The van der Waals surface area contributed by atoms with Crippen LogP contribution in [0.15, 0.2) is 33.7 Å². The normalized spacial score (nSPS) is 13.2. The highest BCUT2D eigenvalue weighted by Gasteiger charge is 2.12. The number of nitrogens with zero attached hydrogens (tertiary/aromatic N) is 2. The van der Waals surface area contributed by atoms with E-state index in [9.17, 15) is 8.42 Å². The average molecular weight is 324 g/mol. The fraction of sp³-hybridized carbons (Fsp3) is 0.429. The van der Waals surface area contributed by atoms with E-state index < -0.39 is 10.0 Å². The molecule has 2 N–H and O–H groups in total. The van der Waals surface area contributed by atoms with Crippen LogP contribution in [0, 0.1) is 6.92 Å². The van der Waals surface area contributed by atoms with E-state index >= 15 is 0 Å². The molecular weight excluding hydrogens is 304 g/mol. The number of sulfonamides is 1. The van der Waals surface area contributed by atoms with Crippen LogP contribution in [-0.4, -0.2) is 32.2 Å². The Morgan fingerprint density at radius 3 is 2.50 bits per heavy atom. The fourth-order valence-corrected chi connectivity index (χ4v) is 2.74. The molecule has 1 aromatic carbocycles. The predicted octanol–water partition coefficient (Wildman–Crippen LogP) is 1.18. The van der Waals surface area contributed by atoms with Crippen LogP contribution in [0.25, 0.3) is 0 Å². The first-order chi connectivity index (χ1) is 10.4. The van der Waals surface area contributed by atoms with Crippen LogP contribution in [0.4, 0.5) is 0 Å². The molecule has 2 aromatic rings. The van der Waals surface area contributed by atoms with Crippen molar-refractivity contribution < 1.29 is 12.9 Å². The topological polar surface area (TPSA) is 97.1 Å². The molecule has 0 bridgehead atoms. The van der Waals surface area contributed by atoms with E-state index in [0.29, 0.717) is 24.7 Å². The van der Waals surface area contributed by atoms with Gasteiger partial charge in [0, 0.05) is 19.0 Å². The third-order valence-corrected chi connectivity index (χ3v) is 4.75. The maximum absolute atomic E-state index is 11.7. The van der Waals surface area contributed by atoms with Crippen molar-refractivity contribution in [2.24, 2.45) is 0 Å². The van der Waals surface area contributed by atoms with Crippen LogP contribution in [0.5, 0.6) is 0 Å². The molecule has 0 saturated carbocycles. The highest BCUT2D eigenvalue weighted by atomic mass is 32.2. The quantitative estimate of drug-likeness (QED) is 0.794. The van der Waals surface area contributed by atoms with Crippen molar-refractivity contribution in [2.75, 3.05) is 13.6 Å². The maximum Gasteiger partial charge on any atom is 0.240 e. The Kier molecular flexibility index (Phi) is 5.28. The third-order valence-electron chi connectivity index (χ3n) is 3.32. The van der Waals surface area contributed by atoms with Gasteiger partial charge >= 0.3 is 0 Å². The molecule has 0 saturated heterocycles. The lowest BCUT2D eigenvalue weighted by Crippen LogP contribution is -2.22. The third kappa shape index (κ3) is 4.12. The van der Waals surface area contributed by atoms with Crippen molar-refractivity contribution in [1.29, 1.82) is 0 Å². The number of hydrogen-bond acceptors (Lipinski definition) is 6. The minimum absolute atomic E-state index is 0.0929. The van der Waals surface area contributed by atoms with Gasteiger partial charge in [-0.05, 0) is 38.6 Å². The Labute approximate surface area is 130 Å². The minimum atomic E-state index is -3.39. The van der Waals surface area contributed by atoms with Crippen LogP contribution in [0.3, 0.4) is 0 Å². The Morgan fingerprint density at radius 1 is 1.27 bits per heavy atom. The summed E-state index contributed by atoms with van der Waals surface area (Å²) in [6.07, 6.45) is 0.650. The SMILES string of the molecule is CNS(=O)(=O)c1ccc([C@H](C)NCCc2nc(C)no2)cc1. The monoisotopic (exact) mass is 324 g/mol.